The zero-order valence-corrected chi connectivity index (χ0v) is 32.6. The van der Waals surface area contributed by atoms with E-state index in [1.165, 1.54) is 38.1 Å². The molecule has 12 aromatic rings. The number of rotatable bonds is 6. The number of para-hydroxylation sites is 3. The van der Waals surface area contributed by atoms with Crippen LogP contribution in [0.25, 0.3) is 111 Å². The Labute approximate surface area is 346 Å². The largest absolute Gasteiger partial charge is 0.307 e. The van der Waals surface area contributed by atoms with Crippen molar-refractivity contribution in [2.45, 2.75) is 0 Å². The van der Waals surface area contributed by atoms with Gasteiger partial charge >= 0.3 is 0 Å². The van der Waals surface area contributed by atoms with Crippen molar-refractivity contribution in [3.63, 3.8) is 0 Å². The van der Waals surface area contributed by atoms with Crippen LogP contribution < -0.4 is 0 Å². The fourth-order valence-electron chi connectivity index (χ4n) is 9.24. The predicted octanol–water partition coefficient (Wildman–Crippen LogP) is 14.5. The van der Waals surface area contributed by atoms with Gasteiger partial charge < -0.3 is 9.13 Å². The van der Waals surface area contributed by atoms with Crippen molar-refractivity contribution in [2.75, 3.05) is 0 Å². The SMILES string of the molecule is c1ccc(-c2cccc(-c3nc(-c4ccccc4)cc(-c4ccc(-n5c6ccccc6c6ccc7c8ccccc8n(-c8ccccc8)c7c65)c5ccccc45)n3)c2)cc1. The van der Waals surface area contributed by atoms with Crippen LogP contribution >= 0.6 is 0 Å². The molecule has 0 spiro atoms. The molecule has 9 aromatic carbocycles. The third-order valence-electron chi connectivity index (χ3n) is 11.9. The molecule has 12 rings (SSSR count). The molecule has 0 saturated heterocycles. The molecule has 0 saturated carbocycles. The lowest BCUT2D eigenvalue weighted by Crippen LogP contribution is -2.00. The third kappa shape index (κ3) is 5.39. The summed E-state index contributed by atoms with van der Waals surface area (Å²) >= 11 is 0. The average molecular weight is 765 g/mol. The first-order chi connectivity index (χ1) is 29.8. The molecule has 0 amide bonds. The van der Waals surface area contributed by atoms with Crippen molar-refractivity contribution >= 4 is 54.4 Å². The summed E-state index contributed by atoms with van der Waals surface area (Å²) in [7, 11) is 0. The summed E-state index contributed by atoms with van der Waals surface area (Å²) in [6, 6.07) is 77.9. The van der Waals surface area contributed by atoms with Crippen molar-refractivity contribution in [2.24, 2.45) is 0 Å². The summed E-state index contributed by atoms with van der Waals surface area (Å²) in [4.78, 5) is 10.6. The van der Waals surface area contributed by atoms with Gasteiger partial charge in [-0.25, -0.2) is 9.97 Å². The second-order valence-electron chi connectivity index (χ2n) is 15.4. The van der Waals surface area contributed by atoms with Gasteiger partial charge in [-0.3, -0.25) is 0 Å². The van der Waals surface area contributed by atoms with Gasteiger partial charge in [0.25, 0.3) is 0 Å². The molecule has 4 nitrogen and oxygen atoms in total. The van der Waals surface area contributed by atoms with E-state index in [0.29, 0.717) is 5.82 Å². The fourth-order valence-corrected chi connectivity index (χ4v) is 9.24. The Balaban J connectivity index is 1.13. The van der Waals surface area contributed by atoms with Crippen LogP contribution in [0, 0.1) is 0 Å². The van der Waals surface area contributed by atoms with Crippen molar-refractivity contribution in [1.29, 1.82) is 0 Å². The van der Waals surface area contributed by atoms with E-state index in [1.807, 2.05) is 12.1 Å². The zero-order valence-electron chi connectivity index (χ0n) is 32.6. The molecule has 60 heavy (non-hydrogen) atoms. The van der Waals surface area contributed by atoms with Gasteiger partial charge in [-0.1, -0.05) is 176 Å². The minimum Gasteiger partial charge on any atom is -0.307 e. The Morgan fingerprint density at radius 3 is 1.52 bits per heavy atom. The highest BCUT2D eigenvalue weighted by Gasteiger charge is 2.23. The first-order valence-electron chi connectivity index (χ1n) is 20.4. The number of fused-ring (bicyclic) bond motifs is 8. The summed E-state index contributed by atoms with van der Waals surface area (Å²) in [6.45, 7) is 0. The molecule has 0 N–H and O–H groups in total. The lowest BCUT2D eigenvalue weighted by molar-refractivity contribution is 1.15. The molecule has 0 aliphatic heterocycles. The number of nitrogens with zero attached hydrogens (tertiary/aromatic N) is 4. The maximum Gasteiger partial charge on any atom is 0.160 e. The van der Waals surface area contributed by atoms with Crippen LogP contribution in [-0.2, 0) is 0 Å². The highest BCUT2D eigenvalue weighted by molar-refractivity contribution is 6.24. The van der Waals surface area contributed by atoms with Crippen LogP contribution in [0.1, 0.15) is 0 Å². The molecule has 3 aromatic heterocycles. The molecule has 0 atom stereocenters. The monoisotopic (exact) mass is 764 g/mol. The Bertz CT molecular complexity index is 3580. The first kappa shape index (κ1) is 34.0. The zero-order chi connectivity index (χ0) is 39.6. The van der Waals surface area contributed by atoms with Gasteiger partial charge in [-0.15, -0.1) is 0 Å². The molecule has 0 radical (unpaired) electrons. The number of hydrogen-bond donors (Lipinski definition) is 0. The van der Waals surface area contributed by atoms with Crippen LogP contribution in [0.4, 0.5) is 0 Å². The van der Waals surface area contributed by atoms with E-state index < -0.39 is 0 Å². The van der Waals surface area contributed by atoms with Gasteiger partial charge in [0.2, 0.25) is 0 Å². The van der Waals surface area contributed by atoms with E-state index in [1.54, 1.807) is 0 Å². The van der Waals surface area contributed by atoms with E-state index in [-0.39, 0.29) is 0 Å². The van der Waals surface area contributed by atoms with Gasteiger partial charge in [0, 0.05) is 49.3 Å². The van der Waals surface area contributed by atoms with Crippen molar-refractivity contribution in [3.8, 4) is 56.4 Å². The first-order valence-corrected chi connectivity index (χ1v) is 20.4. The predicted molar refractivity (Wildman–Crippen MR) is 250 cm³/mol. The van der Waals surface area contributed by atoms with Gasteiger partial charge in [0.15, 0.2) is 5.82 Å². The molecule has 0 aliphatic rings. The standard InChI is InChI=1S/C56H36N4/c1-4-17-37(18-5-1)39-21-16-22-40(35-39)56-57-49(38-19-6-2-7-20-38)36-50(58-56)43-33-34-53(44-26-11-10-25-42(43)44)60-52-30-15-13-28-46(52)48-32-31-47-45-27-12-14-29-51(45)59(54(47)55(48)60)41-23-8-3-9-24-41/h1-36H. The second kappa shape index (κ2) is 13.8. The smallest absolute Gasteiger partial charge is 0.160 e. The molecule has 280 valence electrons. The number of aromatic nitrogens is 4. The normalized spacial score (nSPS) is 11.7. The van der Waals surface area contributed by atoms with Gasteiger partial charge in [0.1, 0.15) is 0 Å². The fraction of sp³-hybridized carbons (Fsp3) is 0. The Morgan fingerprint density at radius 2 is 0.817 bits per heavy atom. The van der Waals surface area contributed by atoms with Crippen molar-refractivity contribution < 1.29 is 0 Å². The maximum absolute atomic E-state index is 5.37. The minimum absolute atomic E-state index is 0.691. The van der Waals surface area contributed by atoms with Crippen LogP contribution in [0.15, 0.2) is 218 Å². The average Bonchev–Trinajstić information content (AvgIpc) is 3.85. The minimum atomic E-state index is 0.691. The molecular weight excluding hydrogens is 729 g/mol. The van der Waals surface area contributed by atoms with E-state index in [9.17, 15) is 0 Å². The third-order valence-corrected chi connectivity index (χ3v) is 11.9. The van der Waals surface area contributed by atoms with Gasteiger partial charge in [-0.05, 0) is 59.0 Å². The van der Waals surface area contributed by atoms with E-state index in [2.05, 4.69) is 215 Å². The van der Waals surface area contributed by atoms with Gasteiger partial charge in [0.05, 0.1) is 39.1 Å². The maximum atomic E-state index is 5.37. The summed E-state index contributed by atoms with van der Waals surface area (Å²) in [6.07, 6.45) is 0. The Kier molecular flexibility index (Phi) is 7.82. The molecule has 0 unspecified atom stereocenters. The lowest BCUT2D eigenvalue weighted by Gasteiger charge is -2.17. The molecule has 4 heteroatoms. The van der Waals surface area contributed by atoms with Crippen molar-refractivity contribution in [3.05, 3.63) is 218 Å². The number of benzene rings is 9. The molecule has 3 heterocycles. The topological polar surface area (TPSA) is 35.6 Å². The van der Waals surface area contributed by atoms with E-state index in [4.69, 9.17) is 9.97 Å². The van der Waals surface area contributed by atoms with Crippen LogP contribution in [0.3, 0.4) is 0 Å². The molecular formula is C56H36N4. The summed E-state index contributed by atoms with van der Waals surface area (Å²) < 4.78 is 4.94. The van der Waals surface area contributed by atoms with Crippen LogP contribution in [-0.4, -0.2) is 19.1 Å². The Morgan fingerprint density at radius 1 is 0.300 bits per heavy atom. The highest BCUT2D eigenvalue weighted by Crippen LogP contribution is 2.44. The van der Waals surface area contributed by atoms with Crippen LogP contribution in [0.5, 0.6) is 0 Å². The Hall–Kier alpha value is -8.08. The summed E-state index contributed by atoms with van der Waals surface area (Å²) in [5.74, 6) is 0.691. The lowest BCUT2D eigenvalue weighted by atomic mass is 9.98. The molecule has 0 fully saturated rings. The second-order valence-corrected chi connectivity index (χ2v) is 15.4. The highest BCUT2D eigenvalue weighted by atomic mass is 15.0. The quantitative estimate of drug-likeness (QED) is 0.169. The van der Waals surface area contributed by atoms with E-state index in [0.717, 1.165) is 66.9 Å². The summed E-state index contributed by atoms with van der Waals surface area (Å²) in [5.41, 5.74) is 14.1. The van der Waals surface area contributed by atoms with E-state index >= 15 is 0 Å². The number of hydrogen-bond acceptors (Lipinski definition) is 2. The molecule has 0 aliphatic carbocycles. The summed E-state index contributed by atoms with van der Waals surface area (Å²) in [5, 5.41) is 7.17. The molecule has 0 bridgehead atoms. The van der Waals surface area contributed by atoms with Crippen LogP contribution in [0.2, 0.25) is 0 Å². The van der Waals surface area contributed by atoms with Crippen molar-refractivity contribution in [1.82, 2.24) is 19.1 Å². The van der Waals surface area contributed by atoms with Gasteiger partial charge in [-0.2, -0.15) is 0 Å².